The van der Waals surface area contributed by atoms with Crippen molar-refractivity contribution in [3.63, 3.8) is 0 Å². The third-order valence-electron chi connectivity index (χ3n) is 10.8. The molecule has 1 amide bonds. The molecule has 0 bridgehead atoms. The molecule has 3 aromatic carbocycles. The van der Waals surface area contributed by atoms with E-state index in [1.54, 1.807) is 6.07 Å². The minimum atomic E-state index is -1.18. The van der Waals surface area contributed by atoms with Crippen molar-refractivity contribution in [2.45, 2.75) is 75.9 Å². The number of phenols is 1. The van der Waals surface area contributed by atoms with Crippen LogP contribution in [0.3, 0.4) is 0 Å². The Hall–Kier alpha value is -3.88. The number of nitrogens with zero attached hydrogens (tertiary/aromatic N) is 1. The van der Waals surface area contributed by atoms with Crippen LogP contribution in [0, 0.1) is 12.8 Å². The second-order valence-electron chi connectivity index (χ2n) is 13.5. The average molecular weight is 611 g/mol. The van der Waals surface area contributed by atoms with E-state index in [4.69, 9.17) is 9.47 Å². The van der Waals surface area contributed by atoms with Crippen LogP contribution in [0.15, 0.2) is 54.6 Å². The SMILES string of the molecule is Cc1ccc(C(=O)NCCc2ccc(-c3ccc4c(c3)OCO4)cc2)c(O)c1C12CCN(CC3CC3)C(C)C1(O)CCC(=O)C2. The van der Waals surface area contributed by atoms with Gasteiger partial charge in [-0.15, -0.1) is 0 Å². The van der Waals surface area contributed by atoms with Crippen LogP contribution < -0.4 is 14.8 Å². The molecule has 8 nitrogen and oxygen atoms in total. The molecule has 0 aromatic heterocycles. The minimum absolute atomic E-state index is 0.0979. The Morgan fingerprint density at radius 2 is 1.78 bits per heavy atom. The summed E-state index contributed by atoms with van der Waals surface area (Å²) in [4.78, 5) is 28.8. The fraction of sp³-hybridized carbons (Fsp3) is 0.459. The fourth-order valence-electron chi connectivity index (χ4n) is 8.04. The van der Waals surface area contributed by atoms with Gasteiger partial charge in [0.2, 0.25) is 6.79 Å². The lowest BCUT2D eigenvalue weighted by molar-refractivity contribution is -0.165. The van der Waals surface area contributed by atoms with E-state index in [2.05, 4.69) is 29.3 Å². The molecule has 45 heavy (non-hydrogen) atoms. The van der Waals surface area contributed by atoms with Crippen LogP contribution in [0.5, 0.6) is 17.2 Å². The zero-order valence-electron chi connectivity index (χ0n) is 26.1. The topological polar surface area (TPSA) is 108 Å². The number of nitrogens with one attached hydrogen (secondary N) is 1. The number of aliphatic hydroxyl groups is 1. The van der Waals surface area contributed by atoms with Gasteiger partial charge < -0.3 is 25.0 Å². The summed E-state index contributed by atoms with van der Waals surface area (Å²) in [7, 11) is 0. The second-order valence-corrected chi connectivity index (χ2v) is 13.5. The van der Waals surface area contributed by atoms with Gasteiger partial charge in [0.25, 0.3) is 5.91 Å². The second kappa shape index (κ2) is 11.5. The predicted octanol–water partition coefficient (Wildman–Crippen LogP) is 5.29. The van der Waals surface area contributed by atoms with Gasteiger partial charge in [0.1, 0.15) is 11.5 Å². The maximum atomic E-state index is 13.4. The van der Waals surface area contributed by atoms with Crippen LogP contribution in [-0.4, -0.2) is 64.9 Å². The smallest absolute Gasteiger partial charge is 0.255 e. The maximum Gasteiger partial charge on any atom is 0.255 e. The van der Waals surface area contributed by atoms with E-state index in [0.29, 0.717) is 43.7 Å². The Balaban J connectivity index is 1.07. The molecule has 2 aliphatic heterocycles. The molecule has 7 rings (SSSR count). The monoisotopic (exact) mass is 610 g/mol. The van der Waals surface area contributed by atoms with Gasteiger partial charge in [0.05, 0.1) is 11.2 Å². The standard InChI is InChI=1S/C37H42N2O6/c1-23-3-11-30(35(42)38-17-14-25-6-8-27(9-7-25)28-10-12-31-32(19-28)45-22-44-31)34(41)33(23)36-16-18-39(21-26-4-5-26)24(2)37(36,43)15-13-29(40)20-36/h3,6-12,19,24,26,41,43H,4-5,13-18,20-22H2,1-2H3,(H,38,42). The number of benzene rings is 3. The molecule has 3 aromatic rings. The number of fused-ring (bicyclic) bond motifs is 2. The van der Waals surface area contributed by atoms with Crippen LogP contribution in [-0.2, 0) is 16.6 Å². The summed E-state index contributed by atoms with van der Waals surface area (Å²) in [5.41, 5.74) is 2.58. The summed E-state index contributed by atoms with van der Waals surface area (Å²) in [5.74, 6) is 1.80. The highest BCUT2D eigenvalue weighted by Gasteiger charge is 2.62. The molecule has 0 spiro atoms. The lowest BCUT2D eigenvalue weighted by Crippen LogP contribution is -2.70. The van der Waals surface area contributed by atoms with Crippen molar-refractivity contribution in [1.82, 2.24) is 10.2 Å². The van der Waals surface area contributed by atoms with Crippen molar-refractivity contribution in [3.8, 4) is 28.4 Å². The molecule has 0 radical (unpaired) electrons. The lowest BCUT2D eigenvalue weighted by atomic mass is 9.52. The van der Waals surface area contributed by atoms with Crippen molar-refractivity contribution < 1.29 is 29.3 Å². The van der Waals surface area contributed by atoms with Gasteiger partial charge >= 0.3 is 0 Å². The first-order valence-corrected chi connectivity index (χ1v) is 16.3. The molecular weight excluding hydrogens is 568 g/mol. The summed E-state index contributed by atoms with van der Waals surface area (Å²) >= 11 is 0. The van der Waals surface area contributed by atoms with Crippen LogP contribution in [0.4, 0.5) is 0 Å². The predicted molar refractivity (Wildman–Crippen MR) is 171 cm³/mol. The Morgan fingerprint density at radius 1 is 1.02 bits per heavy atom. The van der Waals surface area contributed by atoms with Crippen molar-refractivity contribution in [2.75, 3.05) is 26.4 Å². The molecule has 3 fully saturated rings. The number of rotatable bonds is 8. The Morgan fingerprint density at radius 3 is 2.56 bits per heavy atom. The first-order valence-electron chi connectivity index (χ1n) is 16.3. The molecule has 3 unspecified atom stereocenters. The number of carbonyl (C=O) groups is 2. The van der Waals surface area contributed by atoms with Crippen molar-refractivity contribution >= 4 is 11.7 Å². The third kappa shape index (κ3) is 5.28. The number of likely N-dealkylation sites (tertiary alicyclic amines) is 1. The van der Waals surface area contributed by atoms with Gasteiger partial charge in [-0.05, 0) is 98.9 Å². The summed E-state index contributed by atoms with van der Waals surface area (Å²) in [6.45, 7) is 6.31. The molecule has 3 atom stereocenters. The Kier molecular flexibility index (Phi) is 7.61. The first-order chi connectivity index (χ1) is 21.7. The van der Waals surface area contributed by atoms with E-state index < -0.39 is 11.0 Å². The Labute approximate surface area is 264 Å². The summed E-state index contributed by atoms with van der Waals surface area (Å²) in [6, 6.07) is 17.4. The number of amides is 1. The lowest BCUT2D eigenvalue weighted by Gasteiger charge is -2.60. The molecule has 2 aliphatic carbocycles. The van der Waals surface area contributed by atoms with E-state index >= 15 is 0 Å². The van der Waals surface area contributed by atoms with Crippen molar-refractivity contribution in [1.29, 1.82) is 0 Å². The van der Waals surface area contributed by atoms with E-state index in [1.807, 2.05) is 43.3 Å². The number of ketones is 1. The molecular formula is C37H42N2O6. The van der Waals surface area contributed by atoms with Crippen LogP contribution >= 0.6 is 0 Å². The van der Waals surface area contributed by atoms with Gasteiger partial charge in [-0.2, -0.15) is 0 Å². The largest absolute Gasteiger partial charge is 0.507 e. The van der Waals surface area contributed by atoms with E-state index in [1.165, 1.54) is 12.8 Å². The molecule has 2 heterocycles. The molecule has 8 heteroatoms. The first kappa shape index (κ1) is 29.8. The van der Waals surface area contributed by atoms with Gasteiger partial charge in [-0.25, -0.2) is 0 Å². The average Bonchev–Trinajstić information content (AvgIpc) is 3.73. The molecule has 236 valence electrons. The summed E-state index contributed by atoms with van der Waals surface area (Å²) in [6.07, 6.45) is 4.51. The quantitative estimate of drug-likeness (QED) is 0.318. The number of piperidine rings is 1. The number of phenolic OH excluding ortho intramolecular Hbond substituents is 1. The molecule has 2 saturated carbocycles. The van der Waals surface area contributed by atoms with Gasteiger partial charge in [-0.1, -0.05) is 36.4 Å². The number of hydrogen-bond donors (Lipinski definition) is 3. The van der Waals surface area contributed by atoms with E-state index in [0.717, 1.165) is 46.8 Å². The number of aromatic hydroxyl groups is 1. The maximum absolute atomic E-state index is 13.4. The summed E-state index contributed by atoms with van der Waals surface area (Å²) < 4.78 is 10.9. The normalized spacial score (nSPS) is 26.0. The van der Waals surface area contributed by atoms with E-state index in [-0.39, 0.29) is 42.3 Å². The third-order valence-corrected chi connectivity index (χ3v) is 10.8. The van der Waals surface area contributed by atoms with E-state index in [9.17, 15) is 19.8 Å². The van der Waals surface area contributed by atoms with Gasteiger partial charge in [0, 0.05) is 43.0 Å². The highest BCUT2D eigenvalue weighted by molar-refractivity contribution is 5.97. The van der Waals surface area contributed by atoms with Gasteiger partial charge in [-0.3, -0.25) is 14.5 Å². The zero-order valence-corrected chi connectivity index (χ0v) is 26.1. The Bertz CT molecular complexity index is 1630. The number of hydrogen-bond acceptors (Lipinski definition) is 7. The van der Waals surface area contributed by atoms with Crippen LogP contribution in [0.1, 0.15) is 72.5 Å². The molecule has 4 aliphatic rings. The highest BCUT2D eigenvalue weighted by atomic mass is 16.7. The minimum Gasteiger partial charge on any atom is -0.507 e. The fourth-order valence-corrected chi connectivity index (χ4v) is 8.04. The van der Waals surface area contributed by atoms with Crippen LogP contribution in [0.2, 0.25) is 0 Å². The number of ether oxygens (including phenoxy) is 2. The molecule has 1 saturated heterocycles. The van der Waals surface area contributed by atoms with Crippen molar-refractivity contribution in [2.24, 2.45) is 5.92 Å². The van der Waals surface area contributed by atoms with Gasteiger partial charge in [0.15, 0.2) is 11.5 Å². The summed E-state index contributed by atoms with van der Waals surface area (Å²) in [5, 5.41) is 27.2. The number of aryl methyl sites for hydroxylation is 1. The molecule has 3 N–H and O–H groups in total. The van der Waals surface area contributed by atoms with Crippen LogP contribution in [0.25, 0.3) is 11.1 Å². The van der Waals surface area contributed by atoms with Crippen molar-refractivity contribution in [3.05, 3.63) is 76.9 Å². The zero-order chi connectivity index (χ0) is 31.3. The number of Topliss-reactive ketones (excluding diaryl/α,β-unsaturated/α-hetero) is 1. The number of carbonyl (C=O) groups excluding carboxylic acids is 2. The highest BCUT2D eigenvalue weighted by Crippen LogP contribution is 2.56.